The molecule has 4 N–H and O–H groups in total. The number of hydrogen-bond acceptors (Lipinski definition) is 7. The number of likely N-dealkylation sites (tertiary alicyclic amines) is 2. The third-order valence-electron chi connectivity index (χ3n) is 14.0. The summed E-state index contributed by atoms with van der Waals surface area (Å²) < 4.78 is 0. The van der Waals surface area contributed by atoms with Crippen LogP contribution in [0.4, 0.5) is 0 Å². The Labute approximate surface area is 361 Å². The SMILES string of the molecule is C=C(C)N[C@@H](CCC#N)C(=C)N1CC2(CC2)C[C@H]1c1ncc(-c2ccc3cc(-c4ccc(-c5cnc([C@@H]6[C@H]7CC[C@H](C7)N6C(=C)[C@@H](NC(=C)C)C(C)C)[nH]5)cc4)ccc3c2)[nH]1. The number of benzene rings is 3. The van der Waals surface area contributed by atoms with Gasteiger partial charge in [0.25, 0.3) is 0 Å². The summed E-state index contributed by atoms with van der Waals surface area (Å²) in [6.07, 6.45) is 12.3. The van der Waals surface area contributed by atoms with E-state index >= 15 is 0 Å². The van der Waals surface area contributed by atoms with Gasteiger partial charge in [0.2, 0.25) is 0 Å². The second-order valence-corrected chi connectivity index (χ2v) is 18.9. The second kappa shape index (κ2) is 16.1. The van der Waals surface area contributed by atoms with Crippen LogP contribution < -0.4 is 10.6 Å². The Morgan fingerprint density at radius 1 is 0.820 bits per heavy atom. The first kappa shape index (κ1) is 40.4. The molecule has 9 rings (SSSR count). The zero-order chi connectivity index (χ0) is 42.6. The highest BCUT2D eigenvalue weighted by Crippen LogP contribution is 2.59. The van der Waals surface area contributed by atoms with Crippen molar-refractivity contribution in [3.8, 4) is 39.7 Å². The van der Waals surface area contributed by atoms with E-state index in [1.165, 1.54) is 54.0 Å². The van der Waals surface area contributed by atoms with Gasteiger partial charge in [0, 0.05) is 47.4 Å². The molecule has 0 unspecified atom stereocenters. The molecule has 5 aromatic rings. The molecule has 0 amide bonds. The minimum Gasteiger partial charge on any atom is -0.381 e. The van der Waals surface area contributed by atoms with Crippen LogP contribution in [0.3, 0.4) is 0 Å². The van der Waals surface area contributed by atoms with E-state index in [4.69, 9.17) is 9.97 Å². The van der Waals surface area contributed by atoms with Gasteiger partial charge in [-0.05, 0) is 116 Å². The van der Waals surface area contributed by atoms with Crippen molar-refractivity contribution in [2.24, 2.45) is 17.3 Å². The first-order chi connectivity index (χ1) is 29.4. The monoisotopic (exact) mass is 812 g/mol. The molecule has 3 aromatic carbocycles. The standard InChI is InChI=1S/C52H61N9/c1-31(2)48(57-33(5)6)35(8)61-43-20-19-42(26-43)49(61)51-55-28-45(59-51)37-13-11-36(12-14-37)38-15-16-40-25-41(18-17-39(40)24-38)46-29-54-50(58-46)47-27-52(21-22-52)30-60(47)34(7)44(10-9-23-53)56-32(3)4/h11-18,24-25,28-29,31,42-44,47-49,56-57H,3,5,7-10,19-22,26-27,30H2,1-2,4,6H3,(H,54,58)(H,55,59)/t42-,43+,44-,47-,48-,49-/m0/s1. The van der Waals surface area contributed by atoms with Crippen molar-refractivity contribution in [2.45, 2.75) is 109 Å². The van der Waals surface area contributed by atoms with Crippen LogP contribution in [-0.2, 0) is 0 Å². The third kappa shape index (κ3) is 7.89. The van der Waals surface area contributed by atoms with Gasteiger partial charge in [0.15, 0.2) is 0 Å². The molecule has 9 heteroatoms. The number of allylic oxidation sites excluding steroid dienone is 2. The molecule has 6 atom stereocenters. The molecule has 2 saturated heterocycles. The molecule has 2 aromatic heterocycles. The number of rotatable bonds is 16. The van der Waals surface area contributed by atoms with Gasteiger partial charge in [-0.3, -0.25) is 0 Å². The Bertz CT molecular complexity index is 2530. The fourth-order valence-electron chi connectivity index (χ4n) is 10.7. The molecule has 9 nitrogen and oxygen atoms in total. The number of aromatic amines is 2. The van der Waals surface area contributed by atoms with Crippen molar-refractivity contribution >= 4 is 10.8 Å². The van der Waals surface area contributed by atoms with E-state index < -0.39 is 0 Å². The van der Waals surface area contributed by atoms with E-state index in [1.807, 2.05) is 26.2 Å². The molecular formula is C52H61N9. The summed E-state index contributed by atoms with van der Waals surface area (Å²) in [5.74, 6) is 2.99. The van der Waals surface area contributed by atoms with Crippen LogP contribution in [0.1, 0.15) is 103 Å². The van der Waals surface area contributed by atoms with Gasteiger partial charge >= 0.3 is 0 Å². The highest BCUT2D eigenvalue weighted by molar-refractivity contribution is 5.90. The largest absolute Gasteiger partial charge is 0.381 e. The van der Waals surface area contributed by atoms with E-state index in [9.17, 15) is 5.26 Å². The lowest BCUT2D eigenvalue weighted by Crippen LogP contribution is -2.45. The van der Waals surface area contributed by atoms with E-state index in [0.29, 0.717) is 36.1 Å². The average molecular weight is 812 g/mol. The Morgan fingerprint density at radius 2 is 1.44 bits per heavy atom. The summed E-state index contributed by atoms with van der Waals surface area (Å²) in [6.45, 7) is 26.9. The van der Waals surface area contributed by atoms with Crippen molar-refractivity contribution in [3.63, 3.8) is 0 Å². The van der Waals surface area contributed by atoms with Crippen LogP contribution in [0, 0.1) is 28.6 Å². The van der Waals surface area contributed by atoms with Gasteiger partial charge in [-0.15, -0.1) is 0 Å². The number of nitriles is 1. The highest BCUT2D eigenvalue weighted by Gasteiger charge is 2.54. The van der Waals surface area contributed by atoms with Crippen LogP contribution in [0.15, 0.2) is 122 Å². The zero-order valence-electron chi connectivity index (χ0n) is 36.4. The fourth-order valence-corrected chi connectivity index (χ4v) is 10.7. The normalized spacial score (nSPS) is 22.1. The second-order valence-electron chi connectivity index (χ2n) is 18.9. The minimum absolute atomic E-state index is 0.0286. The number of hydrogen-bond donors (Lipinski definition) is 4. The first-order valence-corrected chi connectivity index (χ1v) is 22.3. The van der Waals surface area contributed by atoms with Gasteiger partial charge in [-0.2, -0.15) is 5.26 Å². The van der Waals surface area contributed by atoms with Gasteiger partial charge in [-0.1, -0.05) is 88.7 Å². The summed E-state index contributed by atoms with van der Waals surface area (Å²) in [4.78, 5) is 22.4. The molecule has 1 spiro atoms. The summed E-state index contributed by atoms with van der Waals surface area (Å²) in [5.41, 5.74) is 11.0. The van der Waals surface area contributed by atoms with Crippen molar-refractivity contribution in [2.75, 3.05) is 6.54 Å². The molecule has 2 bridgehead atoms. The van der Waals surface area contributed by atoms with Gasteiger partial charge in [0.1, 0.15) is 11.6 Å². The van der Waals surface area contributed by atoms with Crippen LogP contribution in [0.25, 0.3) is 44.4 Å². The van der Waals surface area contributed by atoms with Gasteiger partial charge in [-0.25, -0.2) is 9.97 Å². The molecule has 0 radical (unpaired) electrons. The lowest BCUT2D eigenvalue weighted by Gasteiger charge is -2.41. The van der Waals surface area contributed by atoms with Crippen molar-refractivity contribution in [3.05, 3.63) is 134 Å². The van der Waals surface area contributed by atoms with E-state index in [1.54, 1.807) is 0 Å². The Morgan fingerprint density at radius 3 is 2.11 bits per heavy atom. The molecule has 4 fully saturated rings. The van der Waals surface area contributed by atoms with Gasteiger partial charge < -0.3 is 30.4 Å². The molecule has 2 aliphatic heterocycles. The maximum absolute atomic E-state index is 9.33. The van der Waals surface area contributed by atoms with Crippen LogP contribution >= 0.6 is 0 Å². The van der Waals surface area contributed by atoms with E-state index in [0.717, 1.165) is 69.9 Å². The molecule has 2 aliphatic carbocycles. The Hall–Kier alpha value is -6.01. The number of aromatic nitrogens is 4. The maximum Gasteiger partial charge on any atom is 0.129 e. The molecular weight excluding hydrogens is 751 g/mol. The zero-order valence-corrected chi connectivity index (χ0v) is 36.4. The highest BCUT2D eigenvalue weighted by atomic mass is 15.3. The molecule has 61 heavy (non-hydrogen) atoms. The number of piperidine rings is 1. The quantitative estimate of drug-likeness (QED) is 0.0785. The number of imidazole rings is 2. The third-order valence-corrected chi connectivity index (χ3v) is 14.0. The predicted molar refractivity (Wildman–Crippen MR) is 247 cm³/mol. The van der Waals surface area contributed by atoms with Crippen molar-refractivity contribution in [1.29, 1.82) is 5.26 Å². The topological polar surface area (TPSA) is 112 Å². The Balaban J connectivity index is 0.895. The summed E-state index contributed by atoms with van der Waals surface area (Å²) in [6, 6.07) is 25.5. The summed E-state index contributed by atoms with van der Waals surface area (Å²) >= 11 is 0. The smallest absolute Gasteiger partial charge is 0.129 e. The number of nitrogens with one attached hydrogen (secondary N) is 4. The summed E-state index contributed by atoms with van der Waals surface area (Å²) in [5, 5.41) is 18.8. The molecule has 4 heterocycles. The first-order valence-electron chi connectivity index (χ1n) is 22.3. The minimum atomic E-state index is -0.0286. The van der Waals surface area contributed by atoms with Crippen LogP contribution in [0.5, 0.6) is 0 Å². The lowest BCUT2D eigenvalue weighted by atomic mass is 9.94. The Kier molecular flexibility index (Phi) is 10.7. The number of H-pyrrole nitrogens is 2. The average Bonchev–Trinajstić information content (AvgIpc) is 3.88. The molecule has 2 saturated carbocycles. The van der Waals surface area contributed by atoms with Gasteiger partial charge in [0.05, 0.1) is 54.0 Å². The lowest BCUT2D eigenvalue weighted by molar-refractivity contribution is 0.159. The van der Waals surface area contributed by atoms with E-state index in [-0.39, 0.29) is 24.2 Å². The molecule has 4 aliphatic rings. The summed E-state index contributed by atoms with van der Waals surface area (Å²) in [7, 11) is 0. The van der Waals surface area contributed by atoms with Crippen LogP contribution in [-0.4, -0.2) is 54.4 Å². The number of fused-ring (bicyclic) bond motifs is 3. The maximum atomic E-state index is 9.33. The van der Waals surface area contributed by atoms with Crippen LogP contribution in [0.2, 0.25) is 0 Å². The number of nitrogens with zero attached hydrogens (tertiary/aromatic N) is 5. The van der Waals surface area contributed by atoms with Crippen molar-refractivity contribution < 1.29 is 0 Å². The fraction of sp³-hybridized carbons (Fsp3) is 0.404. The predicted octanol–water partition coefficient (Wildman–Crippen LogP) is 11.3. The van der Waals surface area contributed by atoms with Crippen molar-refractivity contribution in [1.82, 2.24) is 40.4 Å². The van der Waals surface area contributed by atoms with E-state index in [2.05, 4.69) is 137 Å². The molecule has 314 valence electrons.